The van der Waals surface area contributed by atoms with E-state index in [1.165, 1.54) is 6.08 Å². The molecule has 0 aliphatic heterocycles. The van der Waals surface area contributed by atoms with Gasteiger partial charge in [-0.05, 0) is 78.1 Å². The van der Waals surface area contributed by atoms with Gasteiger partial charge in [-0.3, -0.25) is 9.59 Å². The van der Waals surface area contributed by atoms with Crippen LogP contribution in [0.4, 0.5) is 11.4 Å². The number of furan rings is 1. The highest BCUT2D eigenvalue weighted by Crippen LogP contribution is 2.27. The molecule has 0 aliphatic rings. The lowest BCUT2D eigenvalue weighted by molar-refractivity contribution is -0.111. The summed E-state index contributed by atoms with van der Waals surface area (Å²) >= 11 is 6.21. The second kappa shape index (κ2) is 10.9. The van der Waals surface area contributed by atoms with Gasteiger partial charge in [-0.2, -0.15) is 0 Å². The number of benzene rings is 3. The van der Waals surface area contributed by atoms with Crippen molar-refractivity contribution in [2.75, 3.05) is 10.6 Å². The summed E-state index contributed by atoms with van der Waals surface area (Å²) in [7, 11) is 0. The summed E-state index contributed by atoms with van der Waals surface area (Å²) in [6, 6.07) is 23.9. The number of hydrogen-bond acceptors (Lipinski definition) is 3. The molecule has 2 amide bonds. The average Bonchev–Trinajstić information content (AvgIpc) is 3.33. The number of carbonyl (C=O) groups is 2. The van der Waals surface area contributed by atoms with Crippen molar-refractivity contribution in [3.8, 4) is 11.3 Å². The number of carbonyl (C=O) groups excluding carboxylic acids is 2. The van der Waals surface area contributed by atoms with E-state index in [2.05, 4.69) is 31.4 Å². The summed E-state index contributed by atoms with van der Waals surface area (Å²) in [6.45, 7) is 8.33. The molecule has 0 atom stereocenters. The van der Waals surface area contributed by atoms with Crippen molar-refractivity contribution in [2.24, 2.45) is 0 Å². The Morgan fingerprint density at radius 3 is 2.24 bits per heavy atom. The first-order valence-corrected chi connectivity index (χ1v) is 12.3. The van der Waals surface area contributed by atoms with E-state index in [0.29, 0.717) is 33.5 Å². The monoisotopic (exact) mass is 512 g/mol. The maximum Gasteiger partial charge on any atom is 0.255 e. The summed E-state index contributed by atoms with van der Waals surface area (Å²) in [5, 5.41) is 6.36. The fourth-order valence-electron chi connectivity index (χ4n) is 3.68. The molecule has 0 aliphatic carbocycles. The Morgan fingerprint density at radius 1 is 0.865 bits per heavy atom. The van der Waals surface area contributed by atoms with Crippen LogP contribution >= 0.6 is 11.6 Å². The van der Waals surface area contributed by atoms with Gasteiger partial charge in [0.05, 0.1) is 0 Å². The number of amides is 2. The molecule has 6 heteroatoms. The standard InChI is InChI=1S/C31H29ClN2O3/c1-20-8-9-22(18-27(20)32)28-16-14-26(37-28)15-17-29(35)33-24-6-5-7-25(19-24)34-30(36)21-10-12-23(13-11-21)31(2,3)4/h5-19H,1-4H3,(H,33,35)(H,34,36)/b17-15+. The Labute approximate surface area is 222 Å². The van der Waals surface area contributed by atoms with Gasteiger partial charge in [-0.15, -0.1) is 0 Å². The molecule has 4 aromatic rings. The molecular formula is C31H29ClN2O3. The molecule has 1 heterocycles. The minimum absolute atomic E-state index is 0.0185. The molecule has 3 aromatic carbocycles. The van der Waals surface area contributed by atoms with Gasteiger partial charge < -0.3 is 15.1 Å². The van der Waals surface area contributed by atoms with E-state index >= 15 is 0 Å². The van der Waals surface area contributed by atoms with Gasteiger partial charge in [0.15, 0.2) is 0 Å². The third-order valence-corrected chi connectivity index (χ3v) is 6.29. The van der Waals surface area contributed by atoms with Crippen LogP contribution in [0.2, 0.25) is 5.02 Å². The minimum Gasteiger partial charge on any atom is -0.457 e. The Hall–Kier alpha value is -4.09. The molecular weight excluding hydrogens is 484 g/mol. The second-order valence-electron chi connectivity index (χ2n) is 9.85. The smallest absolute Gasteiger partial charge is 0.255 e. The molecule has 0 radical (unpaired) electrons. The summed E-state index contributed by atoms with van der Waals surface area (Å²) in [5.74, 6) is 0.670. The van der Waals surface area contributed by atoms with Gasteiger partial charge in [0, 0.05) is 33.6 Å². The lowest BCUT2D eigenvalue weighted by atomic mass is 9.87. The van der Waals surface area contributed by atoms with E-state index in [9.17, 15) is 9.59 Å². The first-order chi connectivity index (χ1) is 17.6. The Bertz CT molecular complexity index is 1460. The number of anilines is 2. The van der Waals surface area contributed by atoms with Crippen LogP contribution in [0.5, 0.6) is 0 Å². The van der Waals surface area contributed by atoms with Crippen molar-refractivity contribution in [1.29, 1.82) is 0 Å². The van der Waals surface area contributed by atoms with Gasteiger partial charge in [0.25, 0.3) is 5.91 Å². The van der Waals surface area contributed by atoms with Crippen molar-refractivity contribution in [2.45, 2.75) is 33.1 Å². The van der Waals surface area contributed by atoms with E-state index in [0.717, 1.165) is 16.7 Å². The first kappa shape index (κ1) is 26.0. The maximum absolute atomic E-state index is 12.7. The second-order valence-corrected chi connectivity index (χ2v) is 10.3. The molecule has 0 bridgehead atoms. The number of hydrogen-bond donors (Lipinski definition) is 2. The third kappa shape index (κ3) is 6.78. The molecule has 1 aromatic heterocycles. The molecule has 0 saturated heterocycles. The van der Waals surface area contributed by atoms with E-state index in [4.69, 9.17) is 16.0 Å². The van der Waals surface area contributed by atoms with Crippen molar-refractivity contribution in [1.82, 2.24) is 0 Å². The summed E-state index contributed by atoms with van der Waals surface area (Å²) in [5.41, 5.74) is 4.74. The van der Waals surface area contributed by atoms with Gasteiger partial charge in [0.2, 0.25) is 5.91 Å². The highest BCUT2D eigenvalue weighted by molar-refractivity contribution is 6.31. The summed E-state index contributed by atoms with van der Waals surface area (Å²) in [4.78, 5) is 25.1. The number of aryl methyl sites for hydroxylation is 1. The summed E-state index contributed by atoms with van der Waals surface area (Å²) in [6.07, 6.45) is 2.99. The fraction of sp³-hybridized carbons (Fsp3) is 0.161. The van der Waals surface area contributed by atoms with Crippen LogP contribution in [-0.2, 0) is 10.2 Å². The maximum atomic E-state index is 12.7. The predicted molar refractivity (Wildman–Crippen MR) is 151 cm³/mol. The number of nitrogens with one attached hydrogen (secondary N) is 2. The van der Waals surface area contributed by atoms with Crippen LogP contribution in [0, 0.1) is 6.92 Å². The minimum atomic E-state index is -0.322. The quantitative estimate of drug-likeness (QED) is 0.256. The zero-order valence-corrected chi connectivity index (χ0v) is 22.0. The molecule has 5 nitrogen and oxygen atoms in total. The summed E-state index contributed by atoms with van der Waals surface area (Å²) < 4.78 is 5.82. The molecule has 0 fully saturated rings. The first-order valence-electron chi connectivity index (χ1n) is 12.0. The van der Waals surface area contributed by atoms with Crippen molar-refractivity contribution >= 4 is 40.9 Å². The van der Waals surface area contributed by atoms with Gasteiger partial charge in [0.1, 0.15) is 11.5 Å². The highest BCUT2D eigenvalue weighted by atomic mass is 35.5. The van der Waals surface area contributed by atoms with Crippen molar-refractivity contribution in [3.05, 3.63) is 112 Å². The Morgan fingerprint density at radius 2 is 1.57 bits per heavy atom. The predicted octanol–water partition coefficient (Wildman–Crippen LogP) is 8.11. The topological polar surface area (TPSA) is 71.3 Å². The molecule has 0 unspecified atom stereocenters. The van der Waals surface area contributed by atoms with Crippen LogP contribution in [0.1, 0.15) is 48.0 Å². The van der Waals surface area contributed by atoms with E-state index in [1.807, 2.05) is 55.5 Å². The Kier molecular flexibility index (Phi) is 7.65. The van der Waals surface area contributed by atoms with Gasteiger partial charge >= 0.3 is 0 Å². The number of rotatable bonds is 6. The third-order valence-electron chi connectivity index (χ3n) is 5.88. The Balaban J connectivity index is 1.36. The van der Waals surface area contributed by atoms with Crippen LogP contribution in [0.15, 0.2) is 89.4 Å². The van der Waals surface area contributed by atoms with Gasteiger partial charge in [-0.1, -0.05) is 62.7 Å². The van der Waals surface area contributed by atoms with Crippen molar-refractivity contribution in [3.63, 3.8) is 0 Å². The lowest BCUT2D eigenvalue weighted by Gasteiger charge is -2.19. The average molecular weight is 513 g/mol. The van der Waals surface area contributed by atoms with Crippen LogP contribution in [0.25, 0.3) is 17.4 Å². The number of halogens is 1. The SMILES string of the molecule is Cc1ccc(-c2ccc(/C=C/C(=O)Nc3cccc(NC(=O)c4ccc(C(C)(C)C)cc4)c3)o2)cc1Cl. The lowest BCUT2D eigenvalue weighted by Crippen LogP contribution is -2.14. The van der Waals surface area contributed by atoms with E-state index in [1.54, 1.807) is 36.4 Å². The van der Waals surface area contributed by atoms with Crippen LogP contribution < -0.4 is 10.6 Å². The zero-order chi connectivity index (χ0) is 26.6. The van der Waals surface area contributed by atoms with Crippen molar-refractivity contribution < 1.29 is 14.0 Å². The van der Waals surface area contributed by atoms with Gasteiger partial charge in [-0.25, -0.2) is 0 Å². The van der Waals surface area contributed by atoms with Crippen LogP contribution in [0.3, 0.4) is 0 Å². The highest BCUT2D eigenvalue weighted by Gasteiger charge is 2.14. The molecule has 0 spiro atoms. The molecule has 0 saturated carbocycles. The molecule has 37 heavy (non-hydrogen) atoms. The normalized spacial score (nSPS) is 11.5. The largest absolute Gasteiger partial charge is 0.457 e. The van der Waals surface area contributed by atoms with E-state index in [-0.39, 0.29) is 17.2 Å². The van der Waals surface area contributed by atoms with Crippen LogP contribution in [-0.4, -0.2) is 11.8 Å². The molecule has 2 N–H and O–H groups in total. The fourth-order valence-corrected chi connectivity index (χ4v) is 3.87. The van der Waals surface area contributed by atoms with E-state index < -0.39 is 0 Å². The molecule has 4 rings (SSSR count). The zero-order valence-electron chi connectivity index (χ0n) is 21.3. The molecule has 188 valence electrons.